The Hall–Kier alpha value is -1.55. The van der Waals surface area contributed by atoms with Crippen LogP contribution < -0.4 is 10.1 Å². The average Bonchev–Trinajstić information content (AvgIpc) is 2.50. The second-order valence-corrected chi connectivity index (χ2v) is 5.24. The number of anilines is 1. The molecule has 1 saturated heterocycles. The van der Waals surface area contributed by atoms with Gasteiger partial charge in [0.25, 0.3) is 0 Å². The van der Waals surface area contributed by atoms with Crippen molar-refractivity contribution in [3.63, 3.8) is 0 Å². The van der Waals surface area contributed by atoms with Gasteiger partial charge in [-0.1, -0.05) is 6.42 Å². The van der Waals surface area contributed by atoms with Gasteiger partial charge in [-0.15, -0.1) is 0 Å². The Balaban J connectivity index is 1.57. The summed E-state index contributed by atoms with van der Waals surface area (Å²) in [6.45, 7) is 4.50. The minimum Gasteiger partial charge on any atom is -0.494 e. The third-order valence-corrected chi connectivity index (χ3v) is 3.67. The maximum absolute atomic E-state index is 10.3. The summed E-state index contributed by atoms with van der Waals surface area (Å²) in [7, 11) is 0. The summed E-state index contributed by atoms with van der Waals surface area (Å²) in [6.07, 6.45) is 7.08. The van der Waals surface area contributed by atoms with Gasteiger partial charge in [-0.2, -0.15) is 0 Å². The highest BCUT2D eigenvalue weighted by Gasteiger charge is 2.08. The predicted molar refractivity (Wildman–Crippen MR) is 81.1 cm³/mol. The summed E-state index contributed by atoms with van der Waals surface area (Å²) in [4.78, 5) is 12.8. The van der Waals surface area contributed by atoms with Crippen LogP contribution in [0, 0.1) is 0 Å². The minimum atomic E-state index is 0.677. The van der Waals surface area contributed by atoms with E-state index in [0.717, 1.165) is 24.5 Å². The summed E-state index contributed by atoms with van der Waals surface area (Å²) >= 11 is 0. The molecule has 1 aromatic carbocycles. The van der Waals surface area contributed by atoms with Crippen LogP contribution in [0.25, 0.3) is 0 Å². The van der Waals surface area contributed by atoms with Gasteiger partial charge >= 0.3 is 0 Å². The first-order chi connectivity index (χ1) is 9.88. The topological polar surface area (TPSA) is 41.6 Å². The lowest BCUT2D eigenvalue weighted by atomic mass is 10.1. The SMILES string of the molecule is O=CNc1ccc(OCCCCN2CCCCC2)cc1. The number of ether oxygens (including phenoxy) is 1. The van der Waals surface area contributed by atoms with Gasteiger partial charge in [-0.3, -0.25) is 4.79 Å². The molecule has 2 rings (SSSR count). The number of rotatable bonds is 8. The second kappa shape index (κ2) is 8.59. The van der Waals surface area contributed by atoms with Gasteiger partial charge < -0.3 is 15.0 Å². The summed E-state index contributed by atoms with van der Waals surface area (Å²) in [5.41, 5.74) is 0.789. The van der Waals surface area contributed by atoms with Gasteiger partial charge in [0.2, 0.25) is 6.41 Å². The molecule has 0 spiro atoms. The highest BCUT2D eigenvalue weighted by Crippen LogP contribution is 2.15. The van der Waals surface area contributed by atoms with Crippen LogP contribution in [0.3, 0.4) is 0 Å². The first-order valence-electron chi connectivity index (χ1n) is 7.54. The number of piperidine rings is 1. The van der Waals surface area contributed by atoms with E-state index in [9.17, 15) is 4.79 Å². The molecular formula is C16H24N2O2. The molecule has 1 fully saturated rings. The van der Waals surface area contributed by atoms with E-state index >= 15 is 0 Å². The number of carbonyl (C=O) groups excluding carboxylic acids is 1. The van der Waals surface area contributed by atoms with Crippen LogP contribution in [0.4, 0.5) is 5.69 Å². The van der Waals surface area contributed by atoms with E-state index in [1.54, 1.807) is 0 Å². The van der Waals surface area contributed by atoms with Crippen molar-refractivity contribution in [2.24, 2.45) is 0 Å². The zero-order valence-electron chi connectivity index (χ0n) is 12.0. The Morgan fingerprint density at radius 2 is 1.85 bits per heavy atom. The van der Waals surface area contributed by atoms with Crippen molar-refractivity contribution in [3.8, 4) is 5.75 Å². The standard InChI is InChI=1S/C16H24N2O2/c19-14-17-15-6-8-16(9-7-15)20-13-5-4-12-18-10-2-1-3-11-18/h6-9,14H,1-5,10-13H2,(H,17,19). The molecule has 0 atom stereocenters. The normalized spacial score (nSPS) is 15.8. The molecule has 20 heavy (non-hydrogen) atoms. The molecular weight excluding hydrogens is 252 g/mol. The average molecular weight is 276 g/mol. The number of nitrogens with one attached hydrogen (secondary N) is 1. The van der Waals surface area contributed by atoms with Crippen LogP contribution in [-0.4, -0.2) is 37.6 Å². The van der Waals surface area contributed by atoms with Crippen molar-refractivity contribution < 1.29 is 9.53 Å². The van der Waals surface area contributed by atoms with Crippen LogP contribution in [0.2, 0.25) is 0 Å². The zero-order valence-corrected chi connectivity index (χ0v) is 12.0. The molecule has 0 bridgehead atoms. The van der Waals surface area contributed by atoms with Gasteiger partial charge in [-0.05, 0) is 69.6 Å². The van der Waals surface area contributed by atoms with Crippen LogP contribution >= 0.6 is 0 Å². The van der Waals surface area contributed by atoms with Gasteiger partial charge in [0.05, 0.1) is 6.61 Å². The molecule has 0 saturated carbocycles. The summed E-state index contributed by atoms with van der Waals surface area (Å²) in [5.74, 6) is 0.861. The van der Waals surface area contributed by atoms with E-state index in [0.29, 0.717) is 6.41 Å². The van der Waals surface area contributed by atoms with Crippen LogP contribution in [-0.2, 0) is 4.79 Å². The Morgan fingerprint density at radius 1 is 1.10 bits per heavy atom. The molecule has 0 radical (unpaired) electrons. The zero-order chi connectivity index (χ0) is 14.0. The summed E-state index contributed by atoms with van der Waals surface area (Å²) in [6, 6.07) is 7.46. The number of likely N-dealkylation sites (tertiary alicyclic amines) is 1. The van der Waals surface area contributed by atoms with Gasteiger partial charge in [0.1, 0.15) is 5.75 Å². The molecule has 4 nitrogen and oxygen atoms in total. The lowest BCUT2D eigenvalue weighted by Crippen LogP contribution is -2.30. The van der Waals surface area contributed by atoms with Crippen LogP contribution in [0.5, 0.6) is 5.75 Å². The number of hydrogen-bond acceptors (Lipinski definition) is 3. The number of benzene rings is 1. The fourth-order valence-electron chi connectivity index (χ4n) is 2.53. The van der Waals surface area contributed by atoms with Crippen LogP contribution in [0.1, 0.15) is 32.1 Å². The Morgan fingerprint density at radius 3 is 2.55 bits per heavy atom. The first-order valence-corrected chi connectivity index (χ1v) is 7.54. The molecule has 1 amide bonds. The lowest BCUT2D eigenvalue weighted by Gasteiger charge is -2.26. The Labute approximate surface area is 121 Å². The quantitative estimate of drug-likeness (QED) is 0.586. The number of nitrogens with zero attached hydrogens (tertiary/aromatic N) is 1. The van der Waals surface area contributed by atoms with Crippen molar-refractivity contribution in [3.05, 3.63) is 24.3 Å². The molecule has 1 N–H and O–H groups in total. The van der Waals surface area contributed by atoms with Crippen molar-refractivity contribution in [2.75, 3.05) is 31.6 Å². The van der Waals surface area contributed by atoms with E-state index in [1.807, 2.05) is 24.3 Å². The Kier molecular flexibility index (Phi) is 6.38. The molecule has 0 aromatic heterocycles. The second-order valence-electron chi connectivity index (χ2n) is 5.24. The fraction of sp³-hybridized carbons (Fsp3) is 0.562. The maximum atomic E-state index is 10.3. The highest BCUT2D eigenvalue weighted by atomic mass is 16.5. The third-order valence-electron chi connectivity index (χ3n) is 3.67. The summed E-state index contributed by atoms with van der Waals surface area (Å²) < 4.78 is 5.69. The number of hydrogen-bond donors (Lipinski definition) is 1. The van der Waals surface area contributed by atoms with Gasteiger partial charge in [0, 0.05) is 5.69 Å². The maximum Gasteiger partial charge on any atom is 0.211 e. The van der Waals surface area contributed by atoms with E-state index in [1.165, 1.54) is 45.3 Å². The molecule has 1 aromatic rings. The first kappa shape index (κ1) is 14.9. The smallest absolute Gasteiger partial charge is 0.211 e. The molecule has 110 valence electrons. The van der Waals surface area contributed by atoms with E-state index < -0.39 is 0 Å². The van der Waals surface area contributed by atoms with Gasteiger partial charge in [-0.25, -0.2) is 0 Å². The van der Waals surface area contributed by atoms with E-state index in [4.69, 9.17) is 4.74 Å². The lowest BCUT2D eigenvalue weighted by molar-refractivity contribution is -0.105. The highest BCUT2D eigenvalue weighted by molar-refractivity contribution is 5.71. The molecule has 4 heteroatoms. The fourth-order valence-corrected chi connectivity index (χ4v) is 2.53. The van der Waals surface area contributed by atoms with Gasteiger partial charge in [0.15, 0.2) is 0 Å². The number of unbranched alkanes of at least 4 members (excludes halogenated alkanes) is 1. The molecule has 0 unspecified atom stereocenters. The molecule has 1 aliphatic heterocycles. The molecule has 1 aliphatic rings. The van der Waals surface area contributed by atoms with Crippen molar-refractivity contribution in [2.45, 2.75) is 32.1 Å². The third kappa shape index (κ3) is 5.21. The predicted octanol–water partition coefficient (Wildman–Crippen LogP) is 2.90. The van der Waals surface area contributed by atoms with Crippen molar-refractivity contribution in [1.82, 2.24) is 4.90 Å². The minimum absolute atomic E-state index is 0.677. The largest absolute Gasteiger partial charge is 0.494 e. The number of amides is 1. The molecule has 1 heterocycles. The van der Waals surface area contributed by atoms with E-state index in [2.05, 4.69) is 10.2 Å². The van der Waals surface area contributed by atoms with Crippen LogP contribution in [0.15, 0.2) is 24.3 Å². The summed E-state index contributed by atoms with van der Waals surface area (Å²) in [5, 5.41) is 2.61. The van der Waals surface area contributed by atoms with Crippen molar-refractivity contribution in [1.29, 1.82) is 0 Å². The van der Waals surface area contributed by atoms with Crippen molar-refractivity contribution >= 4 is 12.1 Å². The monoisotopic (exact) mass is 276 g/mol. The number of carbonyl (C=O) groups is 1. The molecule has 0 aliphatic carbocycles. The Bertz CT molecular complexity index is 386. The van der Waals surface area contributed by atoms with E-state index in [-0.39, 0.29) is 0 Å².